The van der Waals surface area contributed by atoms with Gasteiger partial charge in [0.15, 0.2) is 0 Å². The molecule has 6 nitrogen and oxygen atoms in total. The predicted octanol–water partition coefficient (Wildman–Crippen LogP) is 2.30. The Labute approximate surface area is 147 Å². The van der Waals surface area contributed by atoms with Crippen LogP contribution in [0.3, 0.4) is 0 Å². The van der Waals surface area contributed by atoms with Crippen LogP contribution in [0.4, 0.5) is 4.79 Å². The van der Waals surface area contributed by atoms with E-state index in [1.165, 1.54) is 7.05 Å². The number of carboxylic acid groups (broad SMARTS) is 1. The van der Waals surface area contributed by atoms with E-state index in [-0.39, 0.29) is 5.91 Å². The molecule has 1 heterocycles. The molecule has 0 aliphatic heterocycles. The van der Waals surface area contributed by atoms with E-state index < -0.39 is 12.1 Å². The Kier molecular flexibility index (Phi) is 6.51. The average Bonchev–Trinajstić information content (AvgIpc) is 2.64. The van der Waals surface area contributed by atoms with Gasteiger partial charge in [-0.2, -0.15) is 0 Å². The molecular formula is C19H23N3O3. The quantitative estimate of drug-likeness (QED) is 0.839. The second kappa shape index (κ2) is 8.82. The fourth-order valence-corrected chi connectivity index (χ4v) is 2.55. The summed E-state index contributed by atoms with van der Waals surface area (Å²) in [6, 6.07) is 14.3. The van der Waals surface area contributed by atoms with Crippen LogP contribution in [-0.2, 0) is 17.6 Å². The Balaban J connectivity index is 2.06. The van der Waals surface area contributed by atoms with Crippen LogP contribution in [0.5, 0.6) is 0 Å². The molecule has 1 atom stereocenters. The summed E-state index contributed by atoms with van der Waals surface area (Å²) >= 11 is 0. The zero-order valence-electron chi connectivity index (χ0n) is 14.5. The molecule has 25 heavy (non-hydrogen) atoms. The maximum Gasteiger partial charge on any atom is 0.407 e. The number of carbonyl (C=O) groups is 2. The fourth-order valence-electron chi connectivity index (χ4n) is 2.55. The second-order valence-electron chi connectivity index (χ2n) is 5.93. The molecule has 1 N–H and O–H groups in total. The zero-order chi connectivity index (χ0) is 18.2. The van der Waals surface area contributed by atoms with Crippen molar-refractivity contribution in [1.29, 1.82) is 0 Å². The zero-order valence-corrected chi connectivity index (χ0v) is 14.5. The number of likely N-dealkylation sites (N-methyl/N-ethyl adjacent to an activating group) is 2. The molecule has 132 valence electrons. The molecule has 0 saturated carbocycles. The van der Waals surface area contributed by atoms with Crippen molar-refractivity contribution in [2.45, 2.75) is 18.9 Å². The first kappa shape index (κ1) is 18.4. The Bertz CT molecular complexity index is 692. The van der Waals surface area contributed by atoms with Crippen LogP contribution in [0.1, 0.15) is 11.3 Å². The molecule has 0 spiro atoms. The van der Waals surface area contributed by atoms with Gasteiger partial charge in [0.25, 0.3) is 0 Å². The number of carbonyl (C=O) groups excluding carboxylic acids is 1. The molecule has 6 heteroatoms. The lowest BCUT2D eigenvalue weighted by Crippen LogP contribution is -2.49. The number of rotatable bonds is 7. The molecule has 0 fully saturated rings. The maximum absolute atomic E-state index is 12.8. The van der Waals surface area contributed by atoms with Crippen molar-refractivity contribution in [1.82, 2.24) is 14.8 Å². The second-order valence-corrected chi connectivity index (χ2v) is 5.93. The third-order valence-corrected chi connectivity index (χ3v) is 4.13. The number of aromatic nitrogens is 1. The lowest BCUT2D eigenvalue weighted by Gasteiger charge is -2.29. The van der Waals surface area contributed by atoms with Crippen LogP contribution in [0.15, 0.2) is 54.7 Å². The Morgan fingerprint density at radius 2 is 1.76 bits per heavy atom. The van der Waals surface area contributed by atoms with Crippen molar-refractivity contribution in [3.63, 3.8) is 0 Å². The minimum absolute atomic E-state index is 0.218. The molecule has 0 radical (unpaired) electrons. The largest absolute Gasteiger partial charge is 0.465 e. The third-order valence-electron chi connectivity index (χ3n) is 4.13. The summed E-state index contributed by atoms with van der Waals surface area (Å²) < 4.78 is 0. The smallest absolute Gasteiger partial charge is 0.407 e. The van der Waals surface area contributed by atoms with Crippen LogP contribution < -0.4 is 0 Å². The lowest BCUT2D eigenvalue weighted by molar-refractivity contribution is -0.134. The summed E-state index contributed by atoms with van der Waals surface area (Å²) in [7, 11) is 3.12. The van der Waals surface area contributed by atoms with Crippen LogP contribution in [-0.4, -0.2) is 58.6 Å². The summed E-state index contributed by atoms with van der Waals surface area (Å²) in [6.07, 6.45) is 1.56. The van der Waals surface area contributed by atoms with Crippen LogP contribution in [0.2, 0.25) is 0 Å². The van der Waals surface area contributed by atoms with Gasteiger partial charge < -0.3 is 10.0 Å². The summed E-state index contributed by atoms with van der Waals surface area (Å²) in [4.78, 5) is 31.1. The molecule has 0 unspecified atom stereocenters. The summed E-state index contributed by atoms with van der Waals surface area (Å²) in [5.74, 6) is -0.218. The first-order chi connectivity index (χ1) is 12.0. The van der Waals surface area contributed by atoms with Gasteiger partial charge in [-0.1, -0.05) is 36.4 Å². The van der Waals surface area contributed by atoms with Gasteiger partial charge in [0.1, 0.15) is 6.04 Å². The summed E-state index contributed by atoms with van der Waals surface area (Å²) in [5.41, 5.74) is 1.82. The molecule has 2 rings (SSSR count). The van der Waals surface area contributed by atoms with E-state index in [0.717, 1.165) is 16.2 Å². The van der Waals surface area contributed by atoms with E-state index in [9.17, 15) is 14.7 Å². The van der Waals surface area contributed by atoms with Gasteiger partial charge in [0, 0.05) is 45.4 Å². The van der Waals surface area contributed by atoms with Crippen molar-refractivity contribution in [3.8, 4) is 0 Å². The predicted molar refractivity (Wildman–Crippen MR) is 95.3 cm³/mol. The van der Waals surface area contributed by atoms with Crippen LogP contribution in [0, 0.1) is 0 Å². The number of nitrogens with zero attached hydrogens (tertiary/aromatic N) is 3. The van der Waals surface area contributed by atoms with Gasteiger partial charge >= 0.3 is 6.09 Å². The van der Waals surface area contributed by atoms with Crippen molar-refractivity contribution >= 4 is 12.0 Å². The highest BCUT2D eigenvalue weighted by atomic mass is 16.4. The highest BCUT2D eigenvalue weighted by molar-refractivity contribution is 5.85. The molecule has 2 aromatic rings. The normalized spacial score (nSPS) is 11.6. The highest BCUT2D eigenvalue weighted by Crippen LogP contribution is 2.11. The molecule has 0 bridgehead atoms. The SMILES string of the molecule is CN(CCc1ccccn1)C(=O)[C@@H](Cc1ccccc1)N(C)C(=O)O. The minimum Gasteiger partial charge on any atom is -0.465 e. The van der Waals surface area contributed by atoms with E-state index in [0.29, 0.717) is 19.4 Å². The Morgan fingerprint density at radius 3 is 2.36 bits per heavy atom. The number of benzene rings is 1. The number of pyridine rings is 1. The monoisotopic (exact) mass is 341 g/mol. The fraction of sp³-hybridized carbons (Fsp3) is 0.316. The topological polar surface area (TPSA) is 73.7 Å². The molecular weight excluding hydrogens is 318 g/mol. The minimum atomic E-state index is -1.12. The van der Waals surface area contributed by atoms with Gasteiger partial charge in [0.05, 0.1) is 0 Å². The van der Waals surface area contributed by atoms with E-state index in [4.69, 9.17) is 0 Å². The van der Waals surface area contributed by atoms with Crippen molar-refractivity contribution in [2.24, 2.45) is 0 Å². The number of amides is 2. The van der Waals surface area contributed by atoms with E-state index in [1.807, 2.05) is 48.5 Å². The Morgan fingerprint density at radius 1 is 1.08 bits per heavy atom. The van der Waals surface area contributed by atoms with Gasteiger partial charge in [-0.15, -0.1) is 0 Å². The van der Waals surface area contributed by atoms with Gasteiger partial charge in [0.2, 0.25) is 5.91 Å². The van der Waals surface area contributed by atoms with E-state index in [2.05, 4.69) is 4.98 Å². The van der Waals surface area contributed by atoms with Gasteiger partial charge in [-0.05, 0) is 17.7 Å². The van der Waals surface area contributed by atoms with Crippen LogP contribution >= 0.6 is 0 Å². The summed E-state index contributed by atoms with van der Waals surface area (Å²) in [6.45, 7) is 0.481. The first-order valence-corrected chi connectivity index (χ1v) is 8.13. The highest BCUT2D eigenvalue weighted by Gasteiger charge is 2.29. The van der Waals surface area contributed by atoms with Crippen molar-refractivity contribution in [3.05, 3.63) is 66.0 Å². The molecule has 1 aromatic carbocycles. The van der Waals surface area contributed by atoms with E-state index in [1.54, 1.807) is 18.1 Å². The molecule has 0 saturated heterocycles. The maximum atomic E-state index is 12.8. The molecule has 0 aliphatic rings. The van der Waals surface area contributed by atoms with E-state index >= 15 is 0 Å². The Hall–Kier alpha value is -2.89. The lowest BCUT2D eigenvalue weighted by atomic mass is 10.0. The van der Waals surface area contributed by atoms with Crippen molar-refractivity contribution < 1.29 is 14.7 Å². The summed E-state index contributed by atoms with van der Waals surface area (Å²) in [5, 5.41) is 9.31. The van der Waals surface area contributed by atoms with Crippen molar-refractivity contribution in [2.75, 3.05) is 20.6 Å². The van der Waals surface area contributed by atoms with Crippen LogP contribution in [0.25, 0.3) is 0 Å². The molecule has 2 amide bonds. The third kappa shape index (κ3) is 5.31. The number of hydrogen-bond donors (Lipinski definition) is 1. The van der Waals surface area contributed by atoms with Gasteiger partial charge in [-0.25, -0.2) is 4.79 Å². The number of hydrogen-bond acceptors (Lipinski definition) is 3. The molecule has 0 aliphatic carbocycles. The first-order valence-electron chi connectivity index (χ1n) is 8.13. The standard InChI is InChI=1S/C19H23N3O3/c1-21(13-11-16-10-6-7-12-20-16)18(23)17(22(2)19(24)25)14-15-8-4-3-5-9-15/h3-10,12,17H,11,13-14H2,1-2H3,(H,24,25)/t17-/m1/s1. The van der Waals surface area contributed by atoms with Gasteiger partial charge in [-0.3, -0.25) is 14.7 Å². The average molecular weight is 341 g/mol. The molecule has 1 aromatic heterocycles.